The van der Waals surface area contributed by atoms with Crippen LogP contribution in [0.5, 0.6) is 0 Å². The standard InChI is InChI=1S/C51H56O2/c1-53-29(52)8-5-9-49(27-6-3-2-4-7-27)50-28-17-25-16-24-14-20-10-19-11-22-12-21-13-23-15-26(18-28)47-42-33(23)32(21)37-34(22)36-30(19)31(20)38-35(24)43(46(25)50)45-41(38)39(36)40(37)44(42)48(45)51(47,49)50/h2-4,6-7,18-25,30-46,48H,5,8-17H2,1H3. The van der Waals surface area contributed by atoms with Gasteiger partial charge in [0.15, 0.2) is 0 Å². The SMILES string of the molecule is COC(=O)CCCC1(c2ccccc2)C23C4=CC5=C6C7C8C(C5)CC5CC9CC%10CC%11CC%12CC(C4)C2C2C%12C4C%11C%10C%10C9C(C58)C5C%10C4C2C(C75)C613. The summed E-state index contributed by atoms with van der Waals surface area (Å²) in [6.07, 6.45) is 18.7. The lowest BCUT2D eigenvalue weighted by Gasteiger charge is -2.61. The smallest absolute Gasteiger partial charge is 0.305 e. The van der Waals surface area contributed by atoms with Crippen LogP contribution < -0.4 is 0 Å². The van der Waals surface area contributed by atoms with E-state index in [-0.39, 0.29) is 11.4 Å². The maximum absolute atomic E-state index is 13.0. The number of allylic oxidation sites excluding steroid dienone is 4. The number of hydrogen-bond acceptors (Lipinski definition) is 2. The summed E-state index contributed by atoms with van der Waals surface area (Å²) >= 11 is 0. The predicted octanol–water partition coefficient (Wildman–Crippen LogP) is 9.22. The van der Waals surface area contributed by atoms with Gasteiger partial charge in [-0.05, 0) is 223 Å². The van der Waals surface area contributed by atoms with Crippen molar-refractivity contribution in [3.63, 3.8) is 0 Å². The van der Waals surface area contributed by atoms with Crippen LogP contribution in [-0.2, 0) is 14.9 Å². The van der Waals surface area contributed by atoms with Gasteiger partial charge in [-0.3, -0.25) is 4.79 Å². The molecule has 2 nitrogen and oxygen atoms in total. The zero-order valence-corrected chi connectivity index (χ0v) is 31.5. The van der Waals surface area contributed by atoms with E-state index >= 15 is 0 Å². The summed E-state index contributed by atoms with van der Waals surface area (Å²) in [7, 11) is 1.62. The Labute approximate surface area is 315 Å². The first-order valence-corrected chi connectivity index (χ1v) is 23.7. The normalized spacial score (nSPS) is 70.1. The molecule has 2 spiro atoms. The van der Waals surface area contributed by atoms with E-state index < -0.39 is 0 Å². The van der Waals surface area contributed by atoms with E-state index in [1.807, 2.05) is 11.1 Å². The molecule has 1 aromatic rings. The lowest BCUT2D eigenvalue weighted by atomic mass is 9.43. The Balaban J connectivity index is 0.993. The number of carbonyl (C=O) groups excluding carboxylic acids is 1. The largest absolute Gasteiger partial charge is 0.469 e. The van der Waals surface area contributed by atoms with Crippen molar-refractivity contribution in [1.82, 2.24) is 0 Å². The minimum Gasteiger partial charge on any atom is -0.469 e. The van der Waals surface area contributed by atoms with Gasteiger partial charge < -0.3 is 4.74 Å². The summed E-state index contributed by atoms with van der Waals surface area (Å²) in [5, 5.41) is 0. The second-order valence-corrected chi connectivity index (χ2v) is 24.3. The van der Waals surface area contributed by atoms with E-state index in [1.165, 1.54) is 19.3 Å². The average molecular weight is 701 g/mol. The molecule has 2 heteroatoms. The molecule has 0 amide bonds. The van der Waals surface area contributed by atoms with Gasteiger partial charge in [-0.25, -0.2) is 0 Å². The maximum Gasteiger partial charge on any atom is 0.305 e. The predicted molar refractivity (Wildman–Crippen MR) is 198 cm³/mol. The van der Waals surface area contributed by atoms with Gasteiger partial charge in [0.05, 0.1) is 7.11 Å². The van der Waals surface area contributed by atoms with Gasteiger partial charge in [0, 0.05) is 22.7 Å². The topological polar surface area (TPSA) is 26.3 Å². The van der Waals surface area contributed by atoms with Gasteiger partial charge in [-0.2, -0.15) is 0 Å². The molecule has 0 aromatic heterocycles. The highest BCUT2D eigenvalue weighted by atomic mass is 16.5. The molecule has 0 heterocycles. The van der Waals surface area contributed by atoms with Crippen LogP contribution in [0.4, 0.5) is 0 Å². The van der Waals surface area contributed by atoms with Crippen molar-refractivity contribution in [1.29, 1.82) is 0 Å². The van der Waals surface area contributed by atoms with Crippen molar-refractivity contribution >= 4 is 5.97 Å². The van der Waals surface area contributed by atoms with E-state index in [0.29, 0.717) is 17.3 Å². The highest BCUT2D eigenvalue weighted by molar-refractivity contribution is 5.73. The van der Waals surface area contributed by atoms with E-state index in [2.05, 4.69) is 42.0 Å². The van der Waals surface area contributed by atoms with Crippen molar-refractivity contribution in [2.45, 2.75) is 76.0 Å². The third kappa shape index (κ3) is 2.20. The minimum absolute atomic E-state index is 0.0237. The molecule has 17 aliphatic rings. The Morgan fingerprint density at radius 2 is 1.17 bits per heavy atom. The van der Waals surface area contributed by atoms with Crippen molar-refractivity contribution in [3.05, 3.63) is 58.7 Å². The van der Waals surface area contributed by atoms with Crippen molar-refractivity contribution in [2.75, 3.05) is 7.11 Å². The fourth-order valence-electron chi connectivity index (χ4n) is 27.2. The molecule has 53 heavy (non-hydrogen) atoms. The van der Waals surface area contributed by atoms with Crippen molar-refractivity contribution in [3.8, 4) is 0 Å². The lowest BCUT2D eigenvalue weighted by Crippen LogP contribution is -2.58. The Kier molecular flexibility index (Phi) is 4.11. The average Bonchev–Trinajstić information content (AvgIpc) is 3.86. The zero-order chi connectivity index (χ0) is 33.5. The van der Waals surface area contributed by atoms with Crippen LogP contribution in [-0.4, -0.2) is 13.1 Å². The molecule has 18 rings (SSSR count). The quantitative estimate of drug-likeness (QED) is 0.287. The van der Waals surface area contributed by atoms with Crippen LogP contribution in [0.2, 0.25) is 0 Å². The molecule has 28 atom stereocenters. The zero-order valence-electron chi connectivity index (χ0n) is 31.5. The second kappa shape index (κ2) is 7.87. The number of benzene rings is 1. The summed E-state index contributed by atoms with van der Waals surface area (Å²) < 4.78 is 5.39. The Hall–Kier alpha value is -1.83. The number of carbonyl (C=O) groups is 1. The first kappa shape index (κ1) is 27.7. The second-order valence-electron chi connectivity index (χ2n) is 24.3. The molecule has 1 aromatic carbocycles. The van der Waals surface area contributed by atoms with Crippen molar-refractivity contribution < 1.29 is 9.53 Å². The Morgan fingerprint density at radius 3 is 1.89 bits per heavy atom. The molecular weight excluding hydrogens is 645 g/mol. The van der Waals surface area contributed by atoms with E-state index in [1.54, 1.807) is 51.2 Å². The van der Waals surface area contributed by atoms with Gasteiger partial charge in [-0.1, -0.05) is 47.6 Å². The van der Waals surface area contributed by atoms with Gasteiger partial charge in [0.2, 0.25) is 0 Å². The van der Waals surface area contributed by atoms with Crippen LogP contribution in [0.25, 0.3) is 0 Å². The summed E-state index contributed by atoms with van der Waals surface area (Å²) in [4.78, 5) is 13.0. The molecule has 0 aliphatic heterocycles. The lowest BCUT2D eigenvalue weighted by molar-refractivity contribution is -0.150. The number of methoxy groups -OCH3 is 1. The molecular formula is C51H56O2. The Morgan fingerprint density at radius 1 is 0.604 bits per heavy atom. The monoisotopic (exact) mass is 700 g/mol. The first-order valence-electron chi connectivity index (χ1n) is 23.7. The van der Waals surface area contributed by atoms with E-state index in [4.69, 9.17) is 4.74 Å². The van der Waals surface area contributed by atoms with E-state index in [9.17, 15) is 4.79 Å². The highest BCUT2D eigenvalue weighted by Gasteiger charge is 3.03. The number of ether oxygens (including phenoxy) is 1. The molecule has 17 aliphatic carbocycles. The molecule has 272 valence electrons. The summed E-state index contributed by atoms with van der Waals surface area (Å²) in [6.45, 7) is 0. The fraction of sp³-hybridized carbons (Fsp3) is 0.784. The van der Waals surface area contributed by atoms with Crippen LogP contribution in [0.3, 0.4) is 0 Å². The molecule has 15 fully saturated rings. The maximum atomic E-state index is 13.0. The highest BCUT2D eigenvalue weighted by Crippen LogP contribution is 3.06. The molecule has 15 saturated carbocycles. The third-order valence-electron chi connectivity index (χ3n) is 25.3. The van der Waals surface area contributed by atoms with Crippen LogP contribution in [0.1, 0.15) is 76.2 Å². The minimum atomic E-state index is 0.0237. The molecule has 0 N–H and O–H groups in total. The summed E-state index contributed by atoms with van der Waals surface area (Å²) in [5.74, 6) is 26.5. The molecule has 28 unspecified atom stereocenters. The summed E-state index contributed by atoms with van der Waals surface area (Å²) in [5.41, 5.74) is 8.76. The third-order valence-corrected chi connectivity index (χ3v) is 25.3. The number of hydrogen-bond donors (Lipinski definition) is 0. The Bertz CT molecular complexity index is 2110. The number of rotatable bonds is 5. The summed E-state index contributed by atoms with van der Waals surface area (Å²) in [6, 6.07) is 12.5. The van der Waals surface area contributed by atoms with Gasteiger partial charge in [0.25, 0.3) is 0 Å². The van der Waals surface area contributed by atoms with Crippen LogP contribution in [0, 0.1) is 159 Å². The van der Waals surface area contributed by atoms with E-state index in [0.717, 1.165) is 154 Å². The van der Waals surface area contributed by atoms with Gasteiger partial charge >= 0.3 is 5.97 Å². The van der Waals surface area contributed by atoms with Crippen LogP contribution in [0.15, 0.2) is 53.1 Å². The fourth-order valence-corrected chi connectivity index (χ4v) is 27.2. The van der Waals surface area contributed by atoms with Gasteiger partial charge in [-0.15, -0.1) is 0 Å². The molecule has 0 saturated heterocycles. The first-order chi connectivity index (χ1) is 26.1. The number of esters is 1. The molecule has 0 bridgehead atoms. The van der Waals surface area contributed by atoms with Crippen molar-refractivity contribution in [2.24, 2.45) is 159 Å². The van der Waals surface area contributed by atoms with Gasteiger partial charge in [0.1, 0.15) is 0 Å². The molecule has 0 radical (unpaired) electrons. The van der Waals surface area contributed by atoms with Crippen LogP contribution >= 0.6 is 0 Å².